The van der Waals surface area contributed by atoms with Crippen LogP contribution in [0.4, 0.5) is 13.2 Å². The predicted molar refractivity (Wildman–Crippen MR) is 83.5 cm³/mol. The lowest BCUT2D eigenvalue weighted by atomic mass is 10.0. The van der Waals surface area contributed by atoms with Crippen molar-refractivity contribution in [1.29, 1.82) is 0 Å². The van der Waals surface area contributed by atoms with Gasteiger partial charge in [-0.2, -0.15) is 13.2 Å². The van der Waals surface area contributed by atoms with Crippen molar-refractivity contribution in [2.24, 2.45) is 0 Å². The number of fused-ring (bicyclic) bond motifs is 1. The van der Waals surface area contributed by atoms with E-state index in [0.29, 0.717) is 10.9 Å². The van der Waals surface area contributed by atoms with Gasteiger partial charge in [0.15, 0.2) is 0 Å². The second-order valence-electron chi connectivity index (χ2n) is 5.14. The Morgan fingerprint density at radius 2 is 1.79 bits per heavy atom. The van der Waals surface area contributed by atoms with Gasteiger partial charge in [0.05, 0.1) is 29.4 Å². The molecule has 0 saturated heterocycles. The van der Waals surface area contributed by atoms with Crippen LogP contribution in [0.2, 0.25) is 0 Å². The Bertz CT molecular complexity index is 920. The van der Waals surface area contributed by atoms with E-state index in [9.17, 15) is 18.0 Å². The Morgan fingerprint density at radius 1 is 1.04 bits per heavy atom. The Kier molecular flexibility index (Phi) is 3.97. The van der Waals surface area contributed by atoms with Crippen LogP contribution in [-0.4, -0.2) is 18.1 Å². The van der Waals surface area contributed by atoms with Gasteiger partial charge in [-0.15, -0.1) is 0 Å². The van der Waals surface area contributed by atoms with E-state index in [4.69, 9.17) is 4.74 Å². The first-order valence-electron chi connectivity index (χ1n) is 7.06. The summed E-state index contributed by atoms with van der Waals surface area (Å²) in [4.78, 5) is 16.4. The zero-order valence-corrected chi connectivity index (χ0v) is 12.6. The summed E-state index contributed by atoms with van der Waals surface area (Å²) in [5.41, 5.74) is 0.554. The number of hydrogen-bond acceptors (Lipinski definition) is 3. The number of nitrogens with zero attached hydrogens (tertiary/aromatic N) is 1. The quantitative estimate of drug-likeness (QED) is 0.639. The van der Waals surface area contributed by atoms with Gasteiger partial charge in [-0.3, -0.25) is 0 Å². The number of benzene rings is 2. The maximum absolute atomic E-state index is 12.9. The number of rotatable bonds is 2. The summed E-state index contributed by atoms with van der Waals surface area (Å²) in [6.45, 7) is 0. The van der Waals surface area contributed by atoms with Crippen LogP contribution in [0, 0.1) is 0 Å². The number of esters is 1. The molecule has 0 bridgehead atoms. The van der Waals surface area contributed by atoms with Crippen molar-refractivity contribution >= 4 is 16.9 Å². The SMILES string of the molecule is COC(=O)c1cc(-c2cccc(C(F)(F)F)c2)nc2ccccc12. The molecule has 0 unspecified atom stereocenters. The zero-order chi connectivity index (χ0) is 17.3. The topological polar surface area (TPSA) is 39.2 Å². The van der Waals surface area contributed by atoms with E-state index in [1.807, 2.05) is 0 Å². The lowest BCUT2D eigenvalue weighted by Crippen LogP contribution is -2.06. The number of carbonyl (C=O) groups is 1. The Morgan fingerprint density at radius 3 is 2.50 bits per heavy atom. The number of alkyl halides is 3. The molecule has 122 valence electrons. The monoisotopic (exact) mass is 331 g/mol. The van der Waals surface area contributed by atoms with E-state index in [1.165, 1.54) is 25.3 Å². The molecule has 3 nitrogen and oxygen atoms in total. The fourth-order valence-corrected chi connectivity index (χ4v) is 2.46. The minimum absolute atomic E-state index is 0.260. The molecule has 6 heteroatoms. The predicted octanol–water partition coefficient (Wildman–Crippen LogP) is 4.71. The van der Waals surface area contributed by atoms with Crippen molar-refractivity contribution in [3.63, 3.8) is 0 Å². The van der Waals surface area contributed by atoms with E-state index in [1.54, 1.807) is 24.3 Å². The Balaban J connectivity index is 2.22. The molecule has 0 saturated carbocycles. The molecule has 0 amide bonds. The minimum Gasteiger partial charge on any atom is -0.465 e. The van der Waals surface area contributed by atoms with Gasteiger partial charge in [-0.05, 0) is 24.3 Å². The van der Waals surface area contributed by atoms with Gasteiger partial charge < -0.3 is 4.74 Å². The number of methoxy groups -OCH3 is 1. The number of ether oxygens (including phenoxy) is 1. The van der Waals surface area contributed by atoms with Crippen molar-refractivity contribution in [2.45, 2.75) is 6.18 Å². The van der Waals surface area contributed by atoms with Crippen LogP contribution in [0.25, 0.3) is 22.2 Å². The largest absolute Gasteiger partial charge is 0.465 e. The highest BCUT2D eigenvalue weighted by Gasteiger charge is 2.30. The van der Waals surface area contributed by atoms with E-state index >= 15 is 0 Å². The van der Waals surface area contributed by atoms with Gasteiger partial charge in [-0.25, -0.2) is 9.78 Å². The van der Waals surface area contributed by atoms with Crippen LogP contribution in [0.1, 0.15) is 15.9 Å². The lowest BCUT2D eigenvalue weighted by Gasteiger charge is -2.11. The molecule has 1 heterocycles. The zero-order valence-electron chi connectivity index (χ0n) is 12.6. The molecule has 1 aromatic heterocycles. The maximum atomic E-state index is 12.9. The minimum atomic E-state index is -4.45. The highest BCUT2D eigenvalue weighted by atomic mass is 19.4. The number of aromatic nitrogens is 1. The van der Waals surface area contributed by atoms with Crippen LogP contribution in [0.15, 0.2) is 54.6 Å². The highest BCUT2D eigenvalue weighted by Crippen LogP contribution is 2.32. The summed E-state index contributed by atoms with van der Waals surface area (Å²) in [5.74, 6) is -0.568. The van der Waals surface area contributed by atoms with Crippen molar-refractivity contribution in [1.82, 2.24) is 4.98 Å². The molecule has 24 heavy (non-hydrogen) atoms. The third kappa shape index (κ3) is 2.95. The smallest absolute Gasteiger partial charge is 0.416 e. The maximum Gasteiger partial charge on any atom is 0.416 e. The van der Waals surface area contributed by atoms with Crippen molar-refractivity contribution in [3.8, 4) is 11.3 Å². The van der Waals surface area contributed by atoms with E-state index in [0.717, 1.165) is 12.1 Å². The first-order chi connectivity index (χ1) is 11.4. The molecule has 0 atom stereocenters. The second kappa shape index (κ2) is 5.96. The molecule has 3 aromatic rings. The third-order valence-corrected chi connectivity index (χ3v) is 3.61. The van der Waals surface area contributed by atoms with Crippen LogP contribution < -0.4 is 0 Å². The summed E-state index contributed by atoms with van der Waals surface area (Å²) in [7, 11) is 1.25. The number of hydrogen-bond donors (Lipinski definition) is 0. The number of carbonyl (C=O) groups excluding carboxylic acids is 1. The highest BCUT2D eigenvalue weighted by molar-refractivity contribution is 6.04. The van der Waals surface area contributed by atoms with Gasteiger partial charge >= 0.3 is 12.1 Å². The summed E-state index contributed by atoms with van der Waals surface area (Å²) in [6, 6.07) is 13.2. The van der Waals surface area contributed by atoms with Crippen LogP contribution >= 0.6 is 0 Å². The lowest BCUT2D eigenvalue weighted by molar-refractivity contribution is -0.137. The second-order valence-corrected chi connectivity index (χ2v) is 5.14. The fourth-order valence-electron chi connectivity index (χ4n) is 2.46. The Labute approximate surface area is 135 Å². The normalized spacial score (nSPS) is 11.5. The van der Waals surface area contributed by atoms with Crippen LogP contribution in [0.5, 0.6) is 0 Å². The van der Waals surface area contributed by atoms with Crippen molar-refractivity contribution < 1.29 is 22.7 Å². The van der Waals surface area contributed by atoms with Gasteiger partial charge in [0.25, 0.3) is 0 Å². The molecule has 3 rings (SSSR count). The average molecular weight is 331 g/mol. The van der Waals surface area contributed by atoms with Crippen LogP contribution in [-0.2, 0) is 10.9 Å². The van der Waals surface area contributed by atoms with Gasteiger partial charge in [0, 0.05) is 10.9 Å². The van der Waals surface area contributed by atoms with Gasteiger partial charge in [0.2, 0.25) is 0 Å². The van der Waals surface area contributed by atoms with Gasteiger partial charge in [0.1, 0.15) is 0 Å². The molecule has 0 aliphatic rings. The third-order valence-electron chi connectivity index (χ3n) is 3.61. The van der Waals surface area contributed by atoms with E-state index < -0.39 is 17.7 Å². The summed E-state index contributed by atoms with van der Waals surface area (Å²) in [5, 5.41) is 0.583. The van der Waals surface area contributed by atoms with E-state index in [-0.39, 0.29) is 16.8 Å². The number of halogens is 3. The van der Waals surface area contributed by atoms with Crippen molar-refractivity contribution in [3.05, 3.63) is 65.7 Å². The molecule has 0 fully saturated rings. The molecule has 0 aliphatic heterocycles. The number of pyridine rings is 1. The molecule has 2 aromatic carbocycles. The average Bonchev–Trinajstić information content (AvgIpc) is 2.59. The van der Waals surface area contributed by atoms with Gasteiger partial charge in [-0.1, -0.05) is 30.3 Å². The summed E-state index contributed by atoms with van der Waals surface area (Å²) in [6.07, 6.45) is -4.45. The molecular formula is C18H12F3NO2. The summed E-state index contributed by atoms with van der Waals surface area (Å²) < 4.78 is 43.5. The molecule has 0 spiro atoms. The first kappa shape index (κ1) is 16.0. The number of para-hydroxylation sites is 1. The molecule has 0 N–H and O–H groups in total. The van der Waals surface area contributed by atoms with Crippen molar-refractivity contribution in [2.75, 3.05) is 7.11 Å². The Hall–Kier alpha value is -2.89. The fraction of sp³-hybridized carbons (Fsp3) is 0.111. The van der Waals surface area contributed by atoms with Crippen LogP contribution in [0.3, 0.4) is 0 Å². The first-order valence-corrected chi connectivity index (χ1v) is 7.06. The molecular weight excluding hydrogens is 319 g/mol. The summed E-state index contributed by atoms with van der Waals surface area (Å²) >= 11 is 0. The molecule has 0 radical (unpaired) electrons. The standard InChI is InChI=1S/C18H12F3NO2/c1-24-17(23)14-10-16(22-15-8-3-2-7-13(14)15)11-5-4-6-12(9-11)18(19,20)21/h2-10H,1H3. The molecule has 0 aliphatic carbocycles. The van der Waals surface area contributed by atoms with E-state index in [2.05, 4.69) is 4.98 Å².